The summed E-state index contributed by atoms with van der Waals surface area (Å²) in [5, 5.41) is 18.3. The number of carboxylic acid groups (broad SMARTS) is 1. The highest BCUT2D eigenvalue weighted by atomic mass is 16.4. The van der Waals surface area contributed by atoms with Crippen LogP contribution in [-0.2, 0) is 16.0 Å². The van der Waals surface area contributed by atoms with Crippen LogP contribution in [-0.4, -0.2) is 31.6 Å². The van der Waals surface area contributed by atoms with Gasteiger partial charge in [0, 0.05) is 29.7 Å². The van der Waals surface area contributed by atoms with Crippen LogP contribution in [0.1, 0.15) is 31.2 Å². The lowest BCUT2D eigenvalue weighted by molar-refractivity contribution is -0.313. The van der Waals surface area contributed by atoms with Crippen LogP contribution in [0.25, 0.3) is 5.95 Å². The van der Waals surface area contributed by atoms with Crippen LogP contribution < -0.4 is 16.0 Å². The van der Waals surface area contributed by atoms with E-state index in [9.17, 15) is 19.5 Å². The molecule has 0 fully saturated rings. The first kappa shape index (κ1) is 18.6. The van der Waals surface area contributed by atoms with Crippen molar-refractivity contribution >= 4 is 17.7 Å². The number of rotatable bonds is 5. The van der Waals surface area contributed by atoms with Gasteiger partial charge in [0.1, 0.15) is 5.82 Å². The van der Waals surface area contributed by atoms with Gasteiger partial charge in [0.05, 0.1) is 11.6 Å². The first-order valence-corrected chi connectivity index (χ1v) is 8.73. The zero-order valence-electron chi connectivity index (χ0n) is 15.1. The number of aromatic amines is 1. The second-order valence-corrected chi connectivity index (χ2v) is 6.46. The zero-order valence-corrected chi connectivity index (χ0v) is 15.1. The molecular formula is C18H20N5O4-. The Balaban J connectivity index is 1.91. The first-order chi connectivity index (χ1) is 12.9. The van der Waals surface area contributed by atoms with Crippen molar-refractivity contribution in [2.45, 2.75) is 33.1 Å². The lowest BCUT2D eigenvalue weighted by atomic mass is 9.82. The van der Waals surface area contributed by atoms with Crippen LogP contribution >= 0.6 is 0 Å². The fourth-order valence-electron chi connectivity index (χ4n) is 3.11. The van der Waals surface area contributed by atoms with Crippen LogP contribution in [0.3, 0.4) is 0 Å². The van der Waals surface area contributed by atoms with Gasteiger partial charge in [0.2, 0.25) is 11.9 Å². The smallest absolute Gasteiger partial charge is 0.252 e. The number of hydrogen-bond acceptors (Lipinski definition) is 6. The Hall–Kier alpha value is -3.23. The van der Waals surface area contributed by atoms with Crippen LogP contribution in [0.5, 0.6) is 0 Å². The van der Waals surface area contributed by atoms with E-state index in [0.717, 1.165) is 0 Å². The van der Waals surface area contributed by atoms with Crippen molar-refractivity contribution in [3.05, 3.63) is 46.0 Å². The molecule has 0 aromatic carbocycles. The Morgan fingerprint density at radius 1 is 1.30 bits per heavy atom. The highest BCUT2D eigenvalue weighted by molar-refractivity contribution is 5.94. The Morgan fingerprint density at radius 3 is 2.67 bits per heavy atom. The number of amides is 1. The van der Waals surface area contributed by atoms with E-state index in [1.54, 1.807) is 25.1 Å². The minimum atomic E-state index is -1.24. The van der Waals surface area contributed by atoms with E-state index in [0.29, 0.717) is 30.0 Å². The quantitative estimate of drug-likeness (QED) is 0.717. The Morgan fingerprint density at radius 2 is 2.00 bits per heavy atom. The molecule has 9 heteroatoms. The molecule has 1 amide bonds. The predicted molar refractivity (Wildman–Crippen MR) is 95.1 cm³/mol. The largest absolute Gasteiger partial charge is 0.550 e. The van der Waals surface area contributed by atoms with E-state index in [4.69, 9.17) is 0 Å². The van der Waals surface area contributed by atoms with Crippen molar-refractivity contribution in [2.75, 3.05) is 5.32 Å². The number of anilines is 1. The molecular weight excluding hydrogens is 350 g/mol. The van der Waals surface area contributed by atoms with Gasteiger partial charge in [-0.2, -0.15) is 9.78 Å². The van der Waals surface area contributed by atoms with E-state index in [-0.39, 0.29) is 17.9 Å². The van der Waals surface area contributed by atoms with Crippen molar-refractivity contribution in [1.82, 2.24) is 19.7 Å². The second kappa shape index (κ2) is 7.56. The van der Waals surface area contributed by atoms with Gasteiger partial charge in [0.15, 0.2) is 0 Å². The van der Waals surface area contributed by atoms with Gasteiger partial charge < -0.3 is 15.2 Å². The van der Waals surface area contributed by atoms with E-state index in [1.165, 1.54) is 10.7 Å². The first-order valence-electron chi connectivity index (χ1n) is 8.73. The Labute approximate surface area is 155 Å². The lowest BCUT2D eigenvalue weighted by Gasteiger charge is -2.28. The van der Waals surface area contributed by atoms with Crippen LogP contribution in [0.2, 0.25) is 0 Å². The number of carboxylic acids is 1. The minimum absolute atomic E-state index is 0.183. The van der Waals surface area contributed by atoms with Crippen LogP contribution in [0.4, 0.5) is 5.82 Å². The molecule has 1 aliphatic rings. The third kappa shape index (κ3) is 3.97. The van der Waals surface area contributed by atoms with E-state index in [2.05, 4.69) is 20.4 Å². The normalized spacial score (nSPS) is 19.0. The Kier molecular flexibility index (Phi) is 5.20. The fraction of sp³-hybridized carbons (Fsp3) is 0.389. The van der Waals surface area contributed by atoms with Gasteiger partial charge in [-0.05, 0) is 26.2 Å². The molecule has 27 heavy (non-hydrogen) atoms. The molecule has 2 aromatic heterocycles. The van der Waals surface area contributed by atoms with E-state index in [1.807, 2.05) is 6.92 Å². The number of hydrogen-bond donors (Lipinski definition) is 2. The summed E-state index contributed by atoms with van der Waals surface area (Å²) in [6.07, 6.45) is 4.67. The summed E-state index contributed by atoms with van der Waals surface area (Å²) in [5.74, 6) is -2.82. The standard InChI is InChI=1S/C18H21N5O4/c1-3-11-9-15(24)21-18(19-11)23-14(8-10(2)22-23)20-16(25)12-6-4-5-7-13(12)17(26)27/h4-5,8-9,12-13H,3,6-7H2,1-2H3,(H,20,25)(H,26,27)(H,19,21,24)/p-1/t12-,13+/m1/s1. The molecule has 0 saturated carbocycles. The number of H-pyrrole nitrogens is 1. The van der Waals surface area contributed by atoms with Crippen molar-refractivity contribution < 1.29 is 14.7 Å². The molecule has 2 aromatic rings. The maximum Gasteiger partial charge on any atom is 0.252 e. The van der Waals surface area contributed by atoms with Gasteiger partial charge in [-0.3, -0.25) is 14.6 Å². The van der Waals surface area contributed by atoms with Crippen LogP contribution in [0, 0.1) is 18.8 Å². The number of allylic oxidation sites excluding steroid dienone is 2. The summed E-state index contributed by atoms with van der Waals surface area (Å²) < 4.78 is 1.33. The van der Waals surface area contributed by atoms with Gasteiger partial charge in [-0.15, -0.1) is 0 Å². The summed E-state index contributed by atoms with van der Waals surface area (Å²) in [6, 6.07) is 3.03. The third-order valence-electron chi connectivity index (χ3n) is 4.50. The number of nitrogens with zero attached hydrogens (tertiary/aromatic N) is 3. The maximum absolute atomic E-state index is 12.7. The number of aliphatic carboxylic acids is 1. The second-order valence-electron chi connectivity index (χ2n) is 6.46. The van der Waals surface area contributed by atoms with Crippen molar-refractivity contribution in [2.24, 2.45) is 11.8 Å². The predicted octanol–water partition coefficient (Wildman–Crippen LogP) is 0.0972. The lowest BCUT2D eigenvalue weighted by Crippen LogP contribution is -2.41. The molecule has 0 spiro atoms. The number of carbonyl (C=O) groups excluding carboxylic acids is 2. The monoisotopic (exact) mass is 370 g/mol. The van der Waals surface area contributed by atoms with Crippen molar-refractivity contribution in [3.8, 4) is 5.95 Å². The summed E-state index contributed by atoms with van der Waals surface area (Å²) in [7, 11) is 0. The molecule has 2 N–H and O–H groups in total. The molecule has 2 atom stereocenters. The van der Waals surface area contributed by atoms with Crippen molar-refractivity contribution in [1.29, 1.82) is 0 Å². The Bertz CT molecular complexity index is 959. The fourth-order valence-corrected chi connectivity index (χ4v) is 3.11. The molecule has 3 rings (SSSR count). The van der Waals surface area contributed by atoms with Gasteiger partial charge in [0.25, 0.3) is 5.56 Å². The van der Waals surface area contributed by atoms with E-state index < -0.39 is 23.7 Å². The maximum atomic E-state index is 12.7. The molecule has 1 aliphatic carbocycles. The molecule has 0 bridgehead atoms. The van der Waals surface area contributed by atoms with Gasteiger partial charge in [-0.1, -0.05) is 19.1 Å². The van der Waals surface area contributed by atoms with E-state index >= 15 is 0 Å². The summed E-state index contributed by atoms with van der Waals surface area (Å²) >= 11 is 0. The number of nitrogens with one attached hydrogen (secondary N) is 2. The zero-order chi connectivity index (χ0) is 19.6. The molecule has 2 heterocycles. The minimum Gasteiger partial charge on any atom is -0.550 e. The SMILES string of the molecule is CCc1cc(=O)[nH]c(-n2nc(C)cc2NC(=O)[C@@H]2CC=CC[C@@H]2C(=O)[O-])n1. The summed E-state index contributed by atoms with van der Waals surface area (Å²) in [6.45, 7) is 3.61. The topological polar surface area (TPSA) is 133 Å². The third-order valence-corrected chi connectivity index (χ3v) is 4.50. The number of carbonyl (C=O) groups is 2. The van der Waals surface area contributed by atoms with Crippen molar-refractivity contribution in [3.63, 3.8) is 0 Å². The number of aromatic nitrogens is 4. The molecule has 9 nitrogen and oxygen atoms in total. The average Bonchev–Trinajstić information content (AvgIpc) is 3.01. The highest BCUT2D eigenvalue weighted by Gasteiger charge is 2.30. The molecule has 0 unspecified atom stereocenters. The average molecular weight is 370 g/mol. The van der Waals surface area contributed by atoms with Gasteiger partial charge in [-0.25, -0.2) is 4.98 Å². The summed E-state index contributed by atoms with van der Waals surface area (Å²) in [4.78, 5) is 42.8. The molecule has 0 radical (unpaired) electrons. The molecule has 0 saturated heterocycles. The van der Waals surface area contributed by atoms with Gasteiger partial charge >= 0.3 is 0 Å². The molecule has 142 valence electrons. The highest BCUT2D eigenvalue weighted by Crippen LogP contribution is 2.27. The molecule has 0 aliphatic heterocycles. The summed E-state index contributed by atoms with van der Waals surface area (Å²) in [5.41, 5.74) is 0.875. The van der Waals surface area contributed by atoms with Crippen LogP contribution in [0.15, 0.2) is 29.1 Å². The number of aryl methyl sites for hydroxylation is 2.